The Morgan fingerprint density at radius 2 is 2.25 bits per heavy atom. The van der Waals surface area contributed by atoms with Crippen LogP contribution in [0.25, 0.3) is 0 Å². The maximum Gasteiger partial charge on any atom is 0.115 e. The summed E-state index contributed by atoms with van der Waals surface area (Å²) in [5.74, 6) is 0. The van der Waals surface area contributed by atoms with Crippen molar-refractivity contribution >= 4 is 15.9 Å². The van der Waals surface area contributed by atoms with Gasteiger partial charge in [-0.2, -0.15) is 5.26 Å². The van der Waals surface area contributed by atoms with Crippen LogP contribution in [0, 0.1) is 11.3 Å². The molecule has 0 aliphatic heterocycles. The van der Waals surface area contributed by atoms with Crippen LogP contribution in [0.1, 0.15) is 19.5 Å². The lowest BCUT2D eigenvalue weighted by Crippen LogP contribution is -2.16. The van der Waals surface area contributed by atoms with Gasteiger partial charge in [0, 0.05) is 6.20 Å². The molecule has 0 atom stereocenters. The first-order valence-electron chi connectivity index (χ1n) is 3.45. The highest BCUT2D eigenvalue weighted by molar-refractivity contribution is 9.10. The van der Waals surface area contributed by atoms with E-state index in [1.807, 2.05) is 13.8 Å². The summed E-state index contributed by atoms with van der Waals surface area (Å²) in [7, 11) is 0. The van der Waals surface area contributed by atoms with Gasteiger partial charge in [0.25, 0.3) is 0 Å². The smallest absolute Gasteiger partial charge is 0.115 e. The molecule has 0 bridgehead atoms. The fourth-order valence-electron chi connectivity index (χ4n) is 0.826. The van der Waals surface area contributed by atoms with Gasteiger partial charge in [-0.25, -0.2) is 9.97 Å². The Morgan fingerprint density at radius 3 is 2.75 bits per heavy atom. The molecule has 0 aliphatic rings. The second-order valence-electron chi connectivity index (χ2n) is 2.96. The monoisotopic (exact) mass is 225 g/mol. The van der Waals surface area contributed by atoms with Crippen molar-refractivity contribution in [2.24, 2.45) is 0 Å². The fourth-order valence-corrected chi connectivity index (χ4v) is 1.54. The second-order valence-corrected chi connectivity index (χ2v) is 3.81. The molecule has 0 amide bonds. The van der Waals surface area contributed by atoms with Crippen molar-refractivity contribution < 1.29 is 0 Å². The summed E-state index contributed by atoms with van der Waals surface area (Å²) in [6.45, 7) is 3.64. The molecule has 0 aromatic carbocycles. The Morgan fingerprint density at radius 1 is 1.58 bits per heavy atom. The zero-order chi connectivity index (χ0) is 9.19. The van der Waals surface area contributed by atoms with Crippen LogP contribution in [0.15, 0.2) is 17.0 Å². The van der Waals surface area contributed by atoms with Gasteiger partial charge >= 0.3 is 0 Å². The Labute approximate surface area is 79.6 Å². The van der Waals surface area contributed by atoms with Crippen molar-refractivity contribution in [1.82, 2.24) is 9.97 Å². The van der Waals surface area contributed by atoms with Crippen LogP contribution >= 0.6 is 15.9 Å². The molecule has 62 valence electrons. The van der Waals surface area contributed by atoms with E-state index in [4.69, 9.17) is 5.26 Å². The SMILES string of the molecule is CC(C)(C#N)c1ncncc1Br. The van der Waals surface area contributed by atoms with Crippen LogP contribution in [0.5, 0.6) is 0 Å². The minimum Gasteiger partial charge on any atom is -0.244 e. The standard InChI is InChI=1S/C8H8BrN3/c1-8(2,4-10)7-6(9)3-11-5-12-7/h3,5H,1-2H3. The highest BCUT2D eigenvalue weighted by Crippen LogP contribution is 2.26. The molecule has 1 aromatic rings. The number of hydrogen-bond donors (Lipinski definition) is 0. The third-order valence-electron chi connectivity index (χ3n) is 1.54. The Bertz CT molecular complexity index is 327. The maximum absolute atomic E-state index is 8.84. The molecule has 0 saturated carbocycles. The molecule has 0 unspecified atom stereocenters. The Balaban J connectivity index is 3.22. The largest absolute Gasteiger partial charge is 0.244 e. The zero-order valence-electron chi connectivity index (χ0n) is 6.87. The van der Waals surface area contributed by atoms with Crippen LogP contribution in [0.4, 0.5) is 0 Å². The summed E-state index contributed by atoms with van der Waals surface area (Å²) < 4.78 is 0.775. The van der Waals surface area contributed by atoms with Gasteiger partial charge in [-0.3, -0.25) is 0 Å². The number of rotatable bonds is 1. The van der Waals surface area contributed by atoms with Crippen molar-refractivity contribution in [2.75, 3.05) is 0 Å². The second kappa shape index (κ2) is 3.20. The van der Waals surface area contributed by atoms with Gasteiger partial charge in [-0.15, -0.1) is 0 Å². The van der Waals surface area contributed by atoms with E-state index in [9.17, 15) is 0 Å². The van der Waals surface area contributed by atoms with Gasteiger partial charge < -0.3 is 0 Å². The van der Waals surface area contributed by atoms with Crippen molar-refractivity contribution in [3.05, 3.63) is 22.7 Å². The molecular weight excluding hydrogens is 218 g/mol. The van der Waals surface area contributed by atoms with Crippen molar-refractivity contribution in [1.29, 1.82) is 5.26 Å². The van der Waals surface area contributed by atoms with Crippen molar-refractivity contribution in [2.45, 2.75) is 19.3 Å². The molecule has 0 radical (unpaired) electrons. The average molecular weight is 226 g/mol. The van der Waals surface area contributed by atoms with Crippen LogP contribution in [0.2, 0.25) is 0 Å². The number of nitrogens with zero attached hydrogens (tertiary/aromatic N) is 3. The summed E-state index contributed by atoms with van der Waals surface area (Å²) >= 11 is 3.30. The molecule has 4 heteroatoms. The summed E-state index contributed by atoms with van der Waals surface area (Å²) in [5.41, 5.74) is 0.155. The molecule has 1 heterocycles. The van der Waals surface area contributed by atoms with Gasteiger partial charge in [-0.1, -0.05) is 0 Å². The minimum absolute atomic E-state index is 0.568. The quantitative estimate of drug-likeness (QED) is 0.736. The molecule has 0 aliphatic carbocycles. The van der Waals surface area contributed by atoms with Gasteiger partial charge in [0.2, 0.25) is 0 Å². The van der Waals surface area contributed by atoms with E-state index in [1.165, 1.54) is 6.33 Å². The van der Waals surface area contributed by atoms with Gasteiger partial charge in [0.1, 0.15) is 6.33 Å². The molecule has 0 N–H and O–H groups in total. The zero-order valence-corrected chi connectivity index (χ0v) is 8.46. The molecule has 1 aromatic heterocycles. The number of hydrogen-bond acceptors (Lipinski definition) is 3. The molecule has 0 saturated heterocycles. The number of nitriles is 1. The van der Waals surface area contributed by atoms with E-state index >= 15 is 0 Å². The average Bonchev–Trinajstić information content (AvgIpc) is 2.05. The molecular formula is C8H8BrN3. The van der Waals surface area contributed by atoms with Crippen LogP contribution in [-0.2, 0) is 5.41 Å². The molecule has 0 spiro atoms. The first kappa shape index (κ1) is 9.14. The summed E-state index contributed by atoms with van der Waals surface area (Å²) in [4.78, 5) is 7.87. The van der Waals surface area contributed by atoms with E-state index in [-0.39, 0.29) is 0 Å². The summed E-state index contributed by atoms with van der Waals surface area (Å²) in [6.07, 6.45) is 3.08. The third-order valence-corrected chi connectivity index (χ3v) is 2.12. The van der Waals surface area contributed by atoms with Crippen LogP contribution in [-0.4, -0.2) is 9.97 Å². The van der Waals surface area contributed by atoms with E-state index in [1.54, 1.807) is 6.20 Å². The Hall–Kier alpha value is -0.950. The van der Waals surface area contributed by atoms with Gasteiger partial charge in [0.15, 0.2) is 0 Å². The molecule has 0 fully saturated rings. The van der Waals surface area contributed by atoms with Crippen LogP contribution < -0.4 is 0 Å². The highest BCUT2D eigenvalue weighted by atomic mass is 79.9. The van der Waals surface area contributed by atoms with Crippen molar-refractivity contribution in [3.63, 3.8) is 0 Å². The lowest BCUT2D eigenvalue weighted by atomic mass is 9.91. The summed E-state index contributed by atoms with van der Waals surface area (Å²) in [6, 6.07) is 2.18. The predicted octanol–water partition coefficient (Wildman–Crippen LogP) is 2.04. The van der Waals surface area contributed by atoms with Gasteiger partial charge in [-0.05, 0) is 29.8 Å². The number of aromatic nitrogens is 2. The van der Waals surface area contributed by atoms with Gasteiger partial charge in [0.05, 0.1) is 21.7 Å². The normalized spacial score (nSPS) is 10.8. The van der Waals surface area contributed by atoms with E-state index < -0.39 is 5.41 Å². The maximum atomic E-state index is 8.84. The lowest BCUT2D eigenvalue weighted by Gasteiger charge is -2.14. The first-order valence-corrected chi connectivity index (χ1v) is 4.24. The van der Waals surface area contributed by atoms with E-state index in [0.717, 1.165) is 10.2 Å². The fraction of sp³-hybridized carbons (Fsp3) is 0.375. The third kappa shape index (κ3) is 1.62. The van der Waals surface area contributed by atoms with Crippen molar-refractivity contribution in [3.8, 4) is 6.07 Å². The molecule has 12 heavy (non-hydrogen) atoms. The summed E-state index contributed by atoms with van der Waals surface area (Å²) in [5, 5.41) is 8.84. The lowest BCUT2D eigenvalue weighted by molar-refractivity contribution is 0.651. The Kier molecular flexibility index (Phi) is 2.43. The molecule has 1 rings (SSSR count). The van der Waals surface area contributed by atoms with E-state index in [0.29, 0.717) is 0 Å². The predicted molar refractivity (Wildman–Crippen MR) is 48.4 cm³/mol. The first-order chi connectivity index (χ1) is 5.58. The van der Waals surface area contributed by atoms with E-state index in [2.05, 4.69) is 32.0 Å². The molecule has 3 nitrogen and oxygen atoms in total. The van der Waals surface area contributed by atoms with Crippen LogP contribution in [0.3, 0.4) is 0 Å². The number of halogens is 1. The highest BCUT2D eigenvalue weighted by Gasteiger charge is 2.23. The minimum atomic E-state index is -0.568. The topological polar surface area (TPSA) is 49.6 Å².